The molecule has 0 saturated heterocycles. The molecule has 2 aromatic rings. The highest BCUT2D eigenvalue weighted by molar-refractivity contribution is 14.1. The first-order chi connectivity index (χ1) is 9.13. The van der Waals surface area contributed by atoms with Crippen LogP contribution in [-0.4, -0.2) is 20.7 Å². The molecule has 1 saturated carbocycles. The van der Waals surface area contributed by atoms with Gasteiger partial charge in [-0.3, -0.25) is 9.48 Å². The van der Waals surface area contributed by atoms with Crippen molar-refractivity contribution in [2.24, 2.45) is 7.05 Å². The summed E-state index contributed by atoms with van der Waals surface area (Å²) in [5, 5.41) is 7.02. The van der Waals surface area contributed by atoms with Crippen molar-refractivity contribution in [3.05, 3.63) is 39.4 Å². The molecule has 1 fully saturated rings. The summed E-state index contributed by atoms with van der Waals surface area (Å²) in [5.74, 6) is 0.913. The van der Waals surface area contributed by atoms with Crippen molar-refractivity contribution >= 4 is 34.3 Å². The Balaban J connectivity index is 1.76. The van der Waals surface area contributed by atoms with Crippen LogP contribution >= 0.6 is 22.6 Å². The zero-order valence-electron chi connectivity index (χ0n) is 10.4. The van der Waals surface area contributed by atoms with Crippen LogP contribution in [0.2, 0.25) is 0 Å². The first-order valence-electron chi connectivity index (χ1n) is 6.10. The highest BCUT2D eigenvalue weighted by Crippen LogP contribution is 2.39. The maximum Gasteiger partial charge on any atom is 0.277 e. The van der Waals surface area contributed by atoms with Crippen LogP contribution in [-0.2, 0) is 7.05 Å². The quantitative estimate of drug-likeness (QED) is 0.848. The predicted octanol–water partition coefficient (Wildman–Crippen LogP) is 2.55. The molecule has 1 N–H and O–H groups in total. The lowest BCUT2D eigenvalue weighted by atomic mass is 10.2. The Labute approximate surface area is 124 Å². The maximum atomic E-state index is 12.1. The summed E-state index contributed by atoms with van der Waals surface area (Å²) in [6.45, 7) is 0. The molecule has 0 bridgehead atoms. The second-order valence-corrected chi connectivity index (χ2v) is 5.91. The molecule has 1 aliphatic rings. The topological polar surface area (TPSA) is 59.8 Å². The standard InChI is InChI=1S/C13H13IN4O/c1-18-11(8-2-3-8)6-10(17-18)13(19)16-12-5-4-9(14)7-15-12/h4-8H,2-3H2,1H3,(H,15,16,19). The normalized spacial score (nSPS) is 14.4. The molecule has 5 nitrogen and oxygen atoms in total. The summed E-state index contributed by atoms with van der Waals surface area (Å²) in [7, 11) is 1.88. The van der Waals surface area contributed by atoms with E-state index in [4.69, 9.17) is 0 Å². The Hall–Kier alpha value is -1.44. The number of carbonyl (C=O) groups excluding carboxylic acids is 1. The van der Waals surface area contributed by atoms with Gasteiger partial charge in [0.05, 0.1) is 0 Å². The number of hydrogen-bond donors (Lipinski definition) is 1. The Kier molecular flexibility index (Phi) is 3.26. The Bertz CT molecular complexity index is 616. The van der Waals surface area contributed by atoms with Crippen LogP contribution in [0.1, 0.15) is 34.9 Å². The Morgan fingerprint density at radius 1 is 1.47 bits per heavy atom. The van der Waals surface area contributed by atoms with E-state index in [-0.39, 0.29) is 5.91 Å². The van der Waals surface area contributed by atoms with E-state index in [1.165, 1.54) is 12.8 Å². The van der Waals surface area contributed by atoms with Gasteiger partial charge in [-0.05, 0) is 53.6 Å². The summed E-state index contributed by atoms with van der Waals surface area (Å²) in [6, 6.07) is 5.56. The van der Waals surface area contributed by atoms with E-state index >= 15 is 0 Å². The molecule has 0 aromatic carbocycles. The summed E-state index contributed by atoms with van der Waals surface area (Å²) in [5.41, 5.74) is 1.59. The molecule has 6 heteroatoms. The van der Waals surface area contributed by atoms with Gasteiger partial charge in [-0.25, -0.2) is 4.98 Å². The van der Waals surface area contributed by atoms with Crippen molar-refractivity contribution < 1.29 is 4.79 Å². The third kappa shape index (κ3) is 2.78. The minimum Gasteiger partial charge on any atom is -0.305 e. The van der Waals surface area contributed by atoms with Crippen molar-refractivity contribution in [3.8, 4) is 0 Å². The van der Waals surface area contributed by atoms with Crippen molar-refractivity contribution in [1.29, 1.82) is 0 Å². The zero-order chi connectivity index (χ0) is 13.4. The molecular formula is C13H13IN4O. The number of carbonyl (C=O) groups is 1. The average Bonchev–Trinajstić information content (AvgIpc) is 3.15. The third-order valence-corrected chi connectivity index (χ3v) is 3.75. The van der Waals surface area contributed by atoms with Crippen LogP contribution in [0.5, 0.6) is 0 Å². The molecule has 0 radical (unpaired) electrons. The third-order valence-electron chi connectivity index (χ3n) is 3.11. The fraction of sp³-hybridized carbons (Fsp3) is 0.308. The van der Waals surface area contributed by atoms with E-state index in [0.717, 1.165) is 9.26 Å². The van der Waals surface area contributed by atoms with Crippen molar-refractivity contribution in [1.82, 2.24) is 14.8 Å². The van der Waals surface area contributed by atoms with Gasteiger partial charge in [0.1, 0.15) is 5.82 Å². The van der Waals surface area contributed by atoms with Gasteiger partial charge >= 0.3 is 0 Å². The van der Waals surface area contributed by atoms with Crippen LogP contribution in [0.25, 0.3) is 0 Å². The lowest BCUT2D eigenvalue weighted by molar-refractivity contribution is 0.102. The molecule has 0 aliphatic heterocycles. The molecule has 0 atom stereocenters. The molecule has 1 amide bonds. The molecule has 98 valence electrons. The molecule has 1 aliphatic carbocycles. The van der Waals surface area contributed by atoms with Gasteiger partial charge in [0.25, 0.3) is 5.91 Å². The number of hydrogen-bond acceptors (Lipinski definition) is 3. The summed E-state index contributed by atoms with van der Waals surface area (Å²) < 4.78 is 2.83. The monoisotopic (exact) mass is 368 g/mol. The fourth-order valence-electron chi connectivity index (χ4n) is 1.98. The van der Waals surface area contributed by atoms with Crippen LogP contribution < -0.4 is 5.32 Å². The number of halogens is 1. The van der Waals surface area contributed by atoms with Gasteiger partial charge in [0.15, 0.2) is 5.69 Å². The number of amides is 1. The van der Waals surface area contributed by atoms with E-state index in [9.17, 15) is 4.79 Å². The number of anilines is 1. The molecule has 3 rings (SSSR count). The van der Waals surface area contributed by atoms with E-state index < -0.39 is 0 Å². The van der Waals surface area contributed by atoms with Gasteiger partial charge in [-0.15, -0.1) is 0 Å². The zero-order valence-corrected chi connectivity index (χ0v) is 12.6. The number of pyridine rings is 1. The Morgan fingerprint density at radius 2 is 2.26 bits per heavy atom. The van der Waals surface area contributed by atoms with Gasteiger partial charge in [-0.2, -0.15) is 5.10 Å². The van der Waals surface area contributed by atoms with Gasteiger partial charge < -0.3 is 5.32 Å². The van der Waals surface area contributed by atoms with Gasteiger partial charge in [-0.1, -0.05) is 0 Å². The lowest BCUT2D eigenvalue weighted by Gasteiger charge is -2.01. The average molecular weight is 368 g/mol. The highest BCUT2D eigenvalue weighted by Gasteiger charge is 2.28. The second-order valence-electron chi connectivity index (χ2n) is 4.67. The largest absolute Gasteiger partial charge is 0.305 e. The number of rotatable bonds is 3. The van der Waals surface area contributed by atoms with E-state index in [1.807, 2.05) is 19.2 Å². The van der Waals surface area contributed by atoms with Crippen LogP contribution in [0.3, 0.4) is 0 Å². The lowest BCUT2D eigenvalue weighted by Crippen LogP contribution is -2.13. The smallest absolute Gasteiger partial charge is 0.277 e. The van der Waals surface area contributed by atoms with Crippen molar-refractivity contribution in [2.45, 2.75) is 18.8 Å². The predicted molar refractivity (Wildman–Crippen MR) is 80.1 cm³/mol. The van der Waals surface area contributed by atoms with E-state index in [2.05, 4.69) is 38.0 Å². The minimum atomic E-state index is -0.212. The van der Waals surface area contributed by atoms with Crippen LogP contribution in [0, 0.1) is 3.57 Å². The highest BCUT2D eigenvalue weighted by atomic mass is 127. The number of aryl methyl sites for hydroxylation is 1. The van der Waals surface area contributed by atoms with Gasteiger partial charge in [0.2, 0.25) is 0 Å². The first kappa shape index (κ1) is 12.6. The van der Waals surface area contributed by atoms with Gasteiger partial charge in [0, 0.05) is 28.4 Å². The fourth-order valence-corrected chi connectivity index (χ4v) is 2.30. The summed E-state index contributed by atoms with van der Waals surface area (Å²) in [6.07, 6.45) is 4.10. The maximum absolute atomic E-state index is 12.1. The molecular weight excluding hydrogens is 355 g/mol. The van der Waals surface area contributed by atoms with E-state index in [0.29, 0.717) is 17.4 Å². The number of nitrogens with one attached hydrogen (secondary N) is 1. The molecule has 0 unspecified atom stereocenters. The number of nitrogens with zero attached hydrogens (tertiary/aromatic N) is 3. The van der Waals surface area contributed by atoms with Crippen LogP contribution in [0.15, 0.2) is 24.4 Å². The Morgan fingerprint density at radius 3 is 2.89 bits per heavy atom. The summed E-state index contributed by atoms with van der Waals surface area (Å²) >= 11 is 2.17. The molecule has 2 heterocycles. The number of aromatic nitrogens is 3. The minimum absolute atomic E-state index is 0.212. The molecule has 19 heavy (non-hydrogen) atoms. The first-order valence-corrected chi connectivity index (χ1v) is 7.18. The van der Waals surface area contributed by atoms with Crippen LogP contribution in [0.4, 0.5) is 5.82 Å². The molecule has 0 spiro atoms. The van der Waals surface area contributed by atoms with Crippen molar-refractivity contribution in [3.63, 3.8) is 0 Å². The second kappa shape index (κ2) is 4.92. The SMILES string of the molecule is Cn1nc(C(=O)Nc2ccc(I)cn2)cc1C1CC1. The summed E-state index contributed by atoms with van der Waals surface area (Å²) in [4.78, 5) is 16.2. The van der Waals surface area contributed by atoms with E-state index in [1.54, 1.807) is 16.9 Å². The van der Waals surface area contributed by atoms with Crippen molar-refractivity contribution in [2.75, 3.05) is 5.32 Å². The molecule has 2 aromatic heterocycles.